The van der Waals surface area contributed by atoms with Gasteiger partial charge >= 0.3 is 0 Å². The molecule has 7 heteroatoms. The van der Waals surface area contributed by atoms with Crippen LogP contribution in [-0.4, -0.2) is 36.9 Å². The van der Waals surface area contributed by atoms with E-state index in [0.717, 1.165) is 17.8 Å². The molecular weight excluding hydrogens is 330 g/mol. The number of hydrogen-bond acceptors (Lipinski definition) is 4. The molecule has 0 atom stereocenters. The first-order chi connectivity index (χ1) is 12.6. The van der Waals surface area contributed by atoms with Crippen molar-refractivity contribution in [2.24, 2.45) is 7.05 Å². The van der Waals surface area contributed by atoms with E-state index in [4.69, 9.17) is 0 Å². The zero-order valence-electron chi connectivity index (χ0n) is 14.8. The van der Waals surface area contributed by atoms with E-state index in [0.29, 0.717) is 24.3 Å². The van der Waals surface area contributed by atoms with Crippen LogP contribution in [0.4, 0.5) is 0 Å². The van der Waals surface area contributed by atoms with E-state index in [1.807, 2.05) is 30.8 Å². The first-order valence-electron chi connectivity index (χ1n) is 8.48. The van der Waals surface area contributed by atoms with Crippen molar-refractivity contribution in [1.82, 2.24) is 24.4 Å². The fourth-order valence-electron chi connectivity index (χ4n) is 2.77. The summed E-state index contributed by atoms with van der Waals surface area (Å²) in [6.45, 7) is 3.12. The average molecular weight is 351 g/mol. The molecule has 0 saturated carbocycles. The lowest BCUT2D eigenvalue weighted by atomic mass is 10.1. The van der Waals surface area contributed by atoms with Crippen LogP contribution in [0.5, 0.6) is 0 Å². The van der Waals surface area contributed by atoms with Gasteiger partial charge in [0.15, 0.2) is 0 Å². The van der Waals surface area contributed by atoms with E-state index in [-0.39, 0.29) is 11.5 Å². The summed E-state index contributed by atoms with van der Waals surface area (Å²) in [5.41, 5.74) is 1.62. The summed E-state index contributed by atoms with van der Waals surface area (Å²) in [5.74, 6) is 0.766. The molecule has 0 saturated heterocycles. The van der Waals surface area contributed by atoms with Crippen LogP contribution in [-0.2, 0) is 13.6 Å². The molecule has 3 aromatic rings. The number of hydrogen-bond donors (Lipinski definition) is 1. The molecule has 1 N–H and O–H groups in total. The lowest BCUT2D eigenvalue weighted by Crippen LogP contribution is -2.32. The maximum atomic E-state index is 13.0. The normalized spacial score (nSPS) is 10.7. The average Bonchev–Trinajstić information content (AvgIpc) is 3.05. The number of aryl methyl sites for hydroxylation is 1. The largest absolute Gasteiger partial charge is 0.337 e. The number of benzene rings is 1. The van der Waals surface area contributed by atoms with Crippen LogP contribution in [0.1, 0.15) is 29.5 Å². The summed E-state index contributed by atoms with van der Waals surface area (Å²) in [7, 11) is 1.91. The Morgan fingerprint density at radius 2 is 2.15 bits per heavy atom. The van der Waals surface area contributed by atoms with Crippen molar-refractivity contribution in [2.45, 2.75) is 19.9 Å². The van der Waals surface area contributed by atoms with Crippen LogP contribution in [0, 0.1) is 0 Å². The number of amides is 1. The molecule has 1 aromatic carbocycles. The predicted octanol–water partition coefficient (Wildman–Crippen LogP) is 2.22. The summed E-state index contributed by atoms with van der Waals surface area (Å²) in [6, 6.07) is 7.20. The van der Waals surface area contributed by atoms with Gasteiger partial charge in [0, 0.05) is 37.1 Å². The molecule has 0 aliphatic carbocycles. The third-order valence-electron chi connectivity index (χ3n) is 4.11. The van der Waals surface area contributed by atoms with Gasteiger partial charge in [-0.25, -0.2) is 4.98 Å². The fraction of sp³-hybridized carbons (Fsp3) is 0.263. The second-order valence-electron chi connectivity index (χ2n) is 6.07. The predicted molar refractivity (Wildman–Crippen MR) is 98.5 cm³/mol. The van der Waals surface area contributed by atoms with Gasteiger partial charge in [-0.15, -0.1) is 0 Å². The molecule has 1 amide bonds. The Hall–Kier alpha value is -3.22. The van der Waals surface area contributed by atoms with Crippen molar-refractivity contribution >= 4 is 5.91 Å². The number of imidazole rings is 1. The number of aromatic amines is 1. The minimum atomic E-state index is -0.276. The van der Waals surface area contributed by atoms with Gasteiger partial charge in [0.1, 0.15) is 5.82 Å². The molecule has 2 heterocycles. The molecule has 0 fully saturated rings. The smallest absolute Gasteiger partial charge is 0.266 e. The number of aromatic nitrogens is 4. The minimum Gasteiger partial charge on any atom is -0.337 e. The molecule has 0 unspecified atom stereocenters. The van der Waals surface area contributed by atoms with Gasteiger partial charge in [-0.2, -0.15) is 0 Å². The highest BCUT2D eigenvalue weighted by atomic mass is 16.2. The zero-order valence-corrected chi connectivity index (χ0v) is 14.8. The molecule has 0 spiro atoms. The summed E-state index contributed by atoms with van der Waals surface area (Å²) in [5, 5.41) is 0. The molecule has 3 rings (SSSR count). The highest BCUT2D eigenvalue weighted by Crippen LogP contribution is 2.18. The summed E-state index contributed by atoms with van der Waals surface area (Å²) < 4.78 is 1.91. The minimum absolute atomic E-state index is 0.0667. The number of carbonyl (C=O) groups excluding carboxylic acids is 1. The Morgan fingerprint density at radius 3 is 2.85 bits per heavy atom. The number of nitrogens with one attached hydrogen (secondary N) is 1. The Kier molecular flexibility index (Phi) is 5.26. The number of rotatable bonds is 6. The Bertz CT molecular complexity index is 960. The number of nitrogens with zero attached hydrogens (tertiary/aromatic N) is 4. The standard InChI is InChI=1S/C19H21N5O2/c1-3-8-24(13-17-21-7-9-23(17)2)19(26)15-6-4-5-14(10-15)16-11-20-12-18(25)22-16/h4-7,9-12H,3,8,13H2,1-2H3,(H,22,25). The van der Waals surface area contributed by atoms with Crippen LogP contribution < -0.4 is 5.56 Å². The first-order valence-corrected chi connectivity index (χ1v) is 8.48. The molecule has 0 aliphatic rings. The lowest BCUT2D eigenvalue weighted by molar-refractivity contribution is 0.0737. The third-order valence-corrected chi connectivity index (χ3v) is 4.11. The maximum absolute atomic E-state index is 13.0. The van der Waals surface area contributed by atoms with Gasteiger partial charge in [0.2, 0.25) is 0 Å². The van der Waals surface area contributed by atoms with Crippen molar-refractivity contribution < 1.29 is 4.79 Å². The highest BCUT2D eigenvalue weighted by Gasteiger charge is 2.18. The van der Waals surface area contributed by atoms with Crippen LogP contribution in [0.25, 0.3) is 11.3 Å². The SMILES string of the molecule is CCCN(Cc1nccn1C)C(=O)c1cccc(-c2cncc(=O)[nH]2)c1. The van der Waals surface area contributed by atoms with Gasteiger partial charge in [-0.05, 0) is 18.6 Å². The molecule has 2 aromatic heterocycles. The van der Waals surface area contributed by atoms with Crippen molar-refractivity contribution in [3.8, 4) is 11.3 Å². The van der Waals surface area contributed by atoms with E-state index in [9.17, 15) is 9.59 Å². The Morgan fingerprint density at radius 1 is 1.31 bits per heavy atom. The van der Waals surface area contributed by atoms with E-state index < -0.39 is 0 Å². The van der Waals surface area contributed by atoms with Gasteiger partial charge in [-0.1, -0.05) is 19.1 Å². The van der Waals surface area contributed by atoms with Crippen molar-refractivity contribution in [2.75, 3.05) is 6.54 Å². The van der Waals surface area contributed by atoms with Crippen LogP contribution in [0.15, 0.2) is 53.8 Å². The quantitative estimate of drug-likeness (QED) is 0.738. The molecule has 0 aliphatic heterocycles. The molecular formula is C19H21N5O2. The third kappa shape index (κ3) is 3.88. The van der Waals surface area contributed by atoms with E-state index in [1.54, 1.807) is 35.5 Å². The van der Waals surface area contributed by atoms with Crippen LogP contribution >= 0.6 is 0 Å². The van der Waals surface area contributed by atoms with E-state index in [1.165, 1.54) is 6.20 Å². The molecule has 0 bridgehead atoms. The first kappa shape index (κ1) is 17.6. The van der Waals surface area contributed by atoms with Crippen molar-refractivity contribution in [1.29, 1.82) is 0 Å². The molecule has 0 radical (unpaired) electrons. The molecule has 134 valence electrons. The Balaban J connectivity index is 1.88. The topological polar surface area (TPSA) is 83.9 Å². The van der Waals surface area contributed by atoms with Gasteiger partial charge in [0.05, 0.1) is 24.6 Å². The second-order valence-corrected chi connectivity index (χ2v) is 6.07. The Labute approximate surface area is 151 Å². The highest BCUT2D eigenvalue weighted by molar-refractivity contribution is 5.95. The fourth-order valence-corrected chi connectivity index (χ4v) is 2.77. The molecule has 7 nitrogen and oxygen atoms in total. The summed E-state index contributed by atoms with van der Waals surface area (Å²) in [6.07, 6.45) is 7.23. The van der Waals surface area contributed by atoms with Crippen molar-refractivity contribution in [3.63, 3.8) is 0 Å². The molecule has 26 heavy (non-hydrogen) atoms. The monoisotopic (exact) mass is 351 g/mol. The second kappa shape index (κ2) is 7.77. The summed E-state index contributed by atoms with van der Waals surface area (Å²) in [4.78, 5) is 37.2. The van der Waals surface area contributed by atoms with Gasteiger partial charge < -0.3 is 14.5 Å². The summed E-state index contributed by atoms with van der Waals surface area (Å²) >= 11 is 0. The van der Waals surface area contributed by atoms with Crippen molar-refractivity contribution in [3.05, 3.63) is 70.8 Å². The van der Waals surface area contributed by atoms with Gasteiger partial charge in [-0.3, -0.25) is 14.6 Å². The zero-order chi connectivity index (χ0) is 18.5. The van der Waals surface area contributed by atoms with Crippen LogP contribution in [0.2, 0.25) is 0 Å². The number of carbonyl (C=O) groups is 1. The van der Waals surface area contributed by atoms with E-state index in [2.05, 4.69) is 15.0 Å². The van der Waals surface area contributed by atoms with Gasteiger partial charge in [0.25, 0.3) is 11.5 Å². The van der Waals surface area contributed by atoms with Crippen LogP contribution in [0.3, 0.4) is 0 Å². The number of H-pyrrole nitrogens is 1. The van der Waals surface area contributed by atoms with E-state index >= 15 is 0 Å². The lowest BCUT2D eigenvalue weighted by Gasteiger charge is -2.22. The maximum Gasteiger partial charge on any atom is 0.266 e.